The van der Waals surface area contributed by atoms with Crippen molar-refractivity contribution in [2.45, 2.75) is 26.1 Å². The van der Waals surface area contributed by atoms with Gasteiger partial charge < -0.3 is 14.2 Å². The molecule has 0 atom stereocenters. The van der Waals surface area contributed by atoms with Crippen molar-refractivity contribution in [2.24, 2.45) is 0 Å². The summed E-state index contributed by atoms with van der Waals surface area (Å²) < 4.78 is 17.7. The van der Waals surface area contributed by atoms with Gasteiger partial charge in [-0.1, -0.05) is 97.6 Å². The van der Waals surface area contributed by atoms with Crippen LogP contribution in [0, 0.1) is 0 Å². The zero-order valence-corrected chi connectivity index (χ0v) is 15.3. The first-order valence-corrected chi connectivity index (χ1v) is 8.98. The number of rotatable bonds is 10. The molecule has 0 saturated heterocycles. The maximum absolute atomic E-state index is 5.95. The maximum atomic E-state index is 5.95. The van der Waals surface area contributed by atoms with Crippen molar-refractivity contribution in [3.05, 3.63) is 120 Å². The highest BCUT2D eigenvalue weighted by Crippen LogP contribution is 2.16. The van der Waals surface area contributed by atoms with Gasteiger partial charge in [-0.15, -0.1) is 0 Å². The van der Waals surface area contributed by atoms with Crippen molar-refractivity contribution < 1.29 is 14.2 Å². The molecule has 3 heteroatoms. The van der Waals surface area contributed by atoms with Crippen molar-refractivity contribution in [3.8, 4) is 0 Å². The summed E-state index contributed by atoms with van der Waals surface area (Å²) in [7, 11) is 0. The molecular formula is C24H24O3. The second kappa shape index (κ2) is 10.3. The number of hydrogen-bond acceptors (Lipinski definition) is 3. The fourth-order valence-corrected chi connectivity index (χ4v) is 2.54. The highest BCUT2D eigenvalue weighted by Gasteiger charge is 2.16. The van der Waals surface area contributed by atoms with E-state index in [2.05, 4.69) is 6.58 Å². The van der Waals surface area contributed by atoms with Crippen molar-refractivity contribution in [2.75, 3.05) is 0 Å². The fourth-order valence-electron chi connectivity index (χ4n) is 2.54. The van der Waals surface area contributed by atoms with Crippen LogP contribution in [0.4, 0.5) is 0 Å². The lowest BCUT2D eigenvalue weighted by atomic mass is 10.2. The molecule has 0 aliphatic heterocycles. The Morgan fingerprint density at radius 3 is 1.37 bits per heavy atom. The molecule has 0 spiro atoms. The van der Waals surface area contributed by atoms with Gasteiger partial charge in [-0.25, -0.2) is 0 Å². The van der Waals surface area contributed by atoms with Crippen LogP contribution in [-0.4, -0.2) is 6.29 Å². The standard InChI is InChI=1S/C24H24O3/c1-20(25-17-21-11-5-2-6-12-21)24(26-18-22-13-7-3-8-14-22)27-19-23-15-9-4-10-16-23/h2-16,24H,1,17-19H2. The minimum atomic E-state index is -0.644. The lowest BCUT2D eigenvalue weighted by Crippen LogP contribution is -2.21. The van der Waals surface area contributed by atoms with E-state index in [1.807, 2.05) is 91.0 Å². The Morgan fingerprint density at radius 2 is 0.963 bits per heavy atom. The Balaban J connectivity index is 1.59. The SMILES string of the molecule is C=C(OCc1ccccc1)C(OCc1ccccc1)OCc1ccccc1. The minimum Gasteiger partial charge on any atom is -0.488 e. The van der Waals surface area contributed by atoms with Crippen LogP contribution in [0.3, 0.4) is 0 Å². The van der Waals surface area contributed by atoms with E-state index in [1.54, 1.807) is 0 Å². The molecule has 0 bridgehead atoms. The molecule has 0 N–H and O–H groups in total. The van der Waals surface area contributed by atoms with E-state index in [-0.39, 0.29) is 0 Å². The molecule has 0 aromatic heterocycles. The van der Waals surface area contributed by atoms with Gasteiger partial charge in [0.05, 0.1) is 13.2 Å². The Bertz CT molecular complexity index is 757. The summed E-state index contributed by atoms with van der Waals surface area (Å²) >= 11 is 0. The third-order valence-corrected chi connectivity index (χ3v) is 4.02. The van der Waals surface area contributed by atoms with E-state index in [0.717, 1.165) is 16.7 Å². The molecule has 3 rings (SSSR count). The van der Waals surface area contributed by atoms with Gasteiger partial charge in [-0.05, 0) is 16.7 Å². The third-order valence-electron chi connectivity index (χ3n) is 4.02. The summed E-state index contributed by atoms with van der Waals surface area (Å²) in [5.41, 5.74) is 3.21. The van der Waals surface area contributed by atoms with Crippen LogP contribution in [0.25, 0.3) is 0 Å². The van der Waals surface area contributed by atoms with Crippen LogP contribution in [0.15, 0.2) is 103 Å². The Hall–Kier alpha value is -2.88. The normalized spacial score (nSPS) is 10.7. The summed E-state index contributed by atoms with van der Waals surface area (Å²) in [6, 6.07) is 29.9. The van der Waals surface area contributed by atoms with Crippen LogP contribution >= 0.6 is 0 Å². The van der Waals surface area contributed by atoms with E-state index in [9.17, 15) is 0 Å². The smallest absolute Gasteiger partial charge is 0.216 e. The number of hydrogen-bond donors (Lipinski definition) is 0. The van der Waals surface area contributed by atoms with E-state index in [0.29, 0.717) is 25.6 Å². The molecule has 0 aliphatic carbocycles. The molecule has 0 radical (unpaired) electrons. The Labute approximate surface area is 160 Å². The summed E-state index contributed by atoms with van der Waals surface area (Å²) in [6.07, 6.45) is -0.644. The minimum absolute atomic E-state index is 0.425. The van der Waals surface area contributed by atoms with Gasteiger partial charge in [-0.2, -0.15) is 0 Å². The van der Waals surface area contributed by atoms with Gasteiger partial charge >= 0.3 is 0 Å². The van der Waals surface area contributed by atoms with Gasteiger partial charge in [0.15, 0.2) is 0 Å². The molecule has 0 unspecified atom stereocenters. The Kier molecular flexibility index (Phi) is 7.22. The highest BCUT2D eigenvalue weighted by molar-refractivity contribution is 5.15. The molecule has 27 heavy (non-hydrogen) atoms. The largest absolute Gasteiger partial charge is 0.488 e. The van der Waals surface area contributed by atoms with Gasteiger partial charge in [-0.3, -0.25) is 0 Å². The highest BCUT2D eigenvalue weighted by atomic mass is 16.7. The van der Waals surface area contributed by atoms with E-state index >= 15 is 0 Å². The molecule has 0 fully saturated rings. The van der Waals surface area contributed by atoms with Crippen molar-refractivity contribution in [1.29, 1.82) is 0 Å². The van der Waals surface area contributed by atoms with Crippen molar-refractivity contribution >= 4 is 0 Å². The van der Waals surface area contributed by atoms with Crippen molar-refractivity contribution in [1.82, 2.24) is 0 Å². The predicted molar refractivity (Wildman–Crippen MR) is 107 cm³/mol. The van der Waals surface area contributed by atoms with Crippen molar-refractivity contribution in [3.63, 3.8) is 0 Å². The molecule has 138 valence electrons. The van der Waals surface area contributed by atoms with Crippen LogP contribution < -0.4 is 0 Å². The molecule has 0 saturated carbocycles. The topological polar surface area (TPSA) is 27.7 Å². The first kappa shape index (κ1) is 18.9. The average molecular weight is 360 g/mol. The van der Waals surface area contributed by atoms with Crippen LogP contribution in [0.1, 0.15) is 16.7 Å². The van der Waals surface area contributed by atoms with E-state index < -0.39 is 6.29 Å². The second-order valence-corrected chi connectivity index (χ2v) is 6.17. The van der Waals surface area contributed by atoms with Crippen LogP contribution in [-0.2, 0) is 34.0 Å². The third kappa shape index (κ3) is 6.41. The zero-order valence-electron chi connectivity index (χ0n) is 15.3. The molecule has 3 aromatic rings. The van der Waals surface area contributed by atoms with Crippen LogP contribution in [0.2, 0.25) is 0 Å². The molecule has 0 heterocycles. The van der Waals surface area contributed by atoms with Gasteiger partial charge in [0.25, 0.3) is 0 Å². The second-order valence-electron chi connectivity index (χ2n) is 6.17. The maximum Gasteiger partial charge on any atom is 0.216 e. The van der Waals surface area contributed by atoms with Gasteiger partial charge in [0.2, 0.25) is 6.29 Å². The summed E-state index contributed by atoms with van der Waals surface area (Å²) in [5, 5.41) is 0. The first-order chi connectivity index (χ1) is 13.3. The van der Waals surface area contributed by atoms with Crippen LogP contribution in [0.5, 0.6) is 0 Å². The molecule has 3 aromatic carbocycles. The molecule has 3 nitrogen and oxygen atoms in total. The number of benzene rings is 3. The summed E-state index contributed by atoms with van der Waals surface area (Å²) in [5.74, 6) is 0.464. The van der Waals surface area contributed by atoms with E-state index in [1.165, 1.54) is 0 Å². The first-order valence-electron chi connectivity index (χ1n) is 8.98. The predicted octanol–water partition coefficient (Wildman–Crippen LogP) is 5.48. The lowest BCUT2D eigenvalue weighted by Gasteiger charge is -2.21. The van der Waals surface area contributed by atoms with E-state index in [4.69, 9.17) is 14.2 Å². The number of ether oxygens (including phenoxy) is 3. The summed E-state index contributed by atoms with van der Waals surface area (Å²) in [4.78, 5) is 0. The van der Waals surface area contributed by atoms with Gasteiger partial charge in [0.1, 0.15) is 12.4 Å². The lowest BCUT2D eigenvalue weighted by molar-refractivity contribution is -0.156. The zero-order chi connectivity index (χ0) is 18.7. The molecular weight excluding hydrogens is 336 g/mol. The van der Waals surface area contributed by atoms with Gasteiger partial charge in [0, 0.05) is 0 Å². The quantitative estimate of drug-likeness (QED) is 0.354. The summed E-state index contributed by atoms with van der Waals surface area (Å²) in [6.45, 7) is 5.30. The average Bonchev–Trinajstić information content (AvgIpc) is 2.74. The monoisotopic (exact) mass is 360 g/mol. The molecule has 0 amide bonds. The molecule has 0 aliphatic rings. The Morgan fingerprint density at radius 1 is 0.593 bits per heavy atom. The fraction of sp³-hybridized carbons (Fsp3) is 0.167.